The third-order valence-corrected chi connectivity index (χ3v) is 5.24. The maximum Gasteiger partial charge on any atom is 0.255 e. The second-order valence-electron chi connectivity index (χ2n) is 8.00. The first-order chi connectivity index (χ1) is 15.6. The molecule has 1 N–H and O–H groups in total. The van der Waals surface area contributed by atoms with E-state index in [0.717, 1.165) is 36.4 Å². The molecule has 0 bridgehead atoms. The van der Waals surface area contributed by atoms with Gasteiger partial charge in [-0.05, 0) is 86.7 Å². The van der Waals surface area contributed by atoms with Crippen LogP contribution in [0, 0.1) is 6.92 Å². The summed E-state index contributed by atoms with van der Waals surface area (Å²) in [6.07, 6.45) is 5.27. The SMILES string of the molecule is CCCCc1ccc(NC(=O)c2ccc(OCCCCOc3ccc(C)cc3)cc2)cc1. The van der Waals surface area contributed by atoms with Gasteiger partial charge in [0.2, 0.25) is 0 Å². The Labute approximate surface area is 191 Å². The van der Waals surface area contributed by atoms with E-state index in [9.17, 15) is 4.79 Å². The number of hydrogen-bond donors (Lipinski definition) is 1. The van der Waals surface area contributed by atoms with Crippen molar-refractivity contribution in [3.05, 3.63) is 89.5 Å². The minimum Gasteiger partial charge on any atom is -0.494 e. The Morgan fingerprint density at radius 1 is 0.750 bits per heavy atom. The predicted molar refractivity (Wildman–Crippen MR) is 131 cm³/mol. The molecular weight excluding hydrogens is 398 g/mol. The molecule has 0 saturated heterocycles. The Morgan fingerprint density at radius 3 is 1.88 bits per heavy atom. The number of carbonyl (C=O) groups is 1. The Morgan fingerprint density at radius 2 is 1.31 bits per heavy atom. The fourth-order valence-corrected chi connectivity index (χ4v) is 3.26. The zero-order chi connectivity index (χ0) is 22.6. The largest absolute Gasteiger partial charge is 0.494 e. The summed E-state index contributed by atoms with van der Waals surface area (Å²) in [5.74, 6) is 1.55. The van der Waals surface area contributed by atoms with Crippen LogP contribution in [0.4, 0.5) is 5.69 Å². The lowest BCUT2D eigenvalue weighted by Gasteiger charge is -2.09. The van der Waals surface area contributed by atoms with Crippen LogP contribution in [0.3, 0.4) is 0 Å². The molecule has 0 spiro atoms. The van der Waals surface area contributed by atoms with Crippen LogP contribution >= 0.6 is 0 Å². The van der Waals surface area contributed by atoms with E-state index in [1.807, 2.05) is 48.5 Å². The number of amides is 1. The zero-order valence-electron chi connectivity index (χ0n) is 19.1. The van der Waals surface area contributed by atoms with Crippen molar-refractivity contribution < 1.29 is 14.3 Å². The molecule has 0 saturated carbocycles. The molecule has 0 aliphatic rings. The lowest BCUT2D eigenvalue weighted by molar-refractivity contribution is 0.102. The van der Waals surface area contributed by atoms with Crippen molar-refractivity contribution in [2.24, 2.45) is 0 Å². The number of ether oxygens (including phenoxy) is 2. The highest BCUT2D eigenvalue weighted by Crippen LogP contribution is 2.16. The van der Waals surface area contributed by atoms with Crippen LogP contribution in [0.2, 0.25) is 0 Å². The average molecular weight is 432 g/mol. The van der Waals surface area contributed by atoms with E-state index in [2.05, 4.69) is 31.3 Å². The normalized spacial score (nSPS) is 10.6. The van der Waals surface area contributed by atoms with Crippen molar-refractivity contribution in [1.82, 2.24) is 0 Å². The van der Waals surface area contributed by atoms with Crippen LogP contribution in [0.5, 0.6) is 11.5 Å². The van der Waals surface area contributed by atoms with Crippen molar-refractivity contribution >= 4 is 11.6 Å². The molecule has 0 atom stereocenters. The Balaban J connectivity index is 1.35. The van der Waals surface area contributed by atoms with Crippen molar-refractivity contribution in [3.63, 3.8) is 0 Å². The quantitative estimate of drug-likeness (QED) is 0.320. The molecule has 0 aliphatic carbocycles. The second-order valence-corrected chi connectivity index (χ2v) is 8.00. The summed E-state index contributed by atoms with van der Waals surface area (Å²) in [4.78, 5) is 12.5. The molecule has 0 fully saturated rings. The van der Waals surface area contributed by atoms with Crippen LogP contribution in [-0.2, 0) is 6.42 Å². The fourth-order valence-electron chi connectivity index (χ4n) is 3.26. The molecule has 4 heteroatoms. The first-order valence-corrected chi connectivity index (χ1v) is 11.5. The molecule has 0 heterocycles. The van der Waals surface area contributed by atoms with Crippen molar-refractivity contribution in [1.29, 1.82) is 0 Å². The van der Waals surface area contributed by atoms with E-state index in [1.54, 1.807) is 12.1 Å². The summed E-state index contributed by atoms with van der Waals surface area (Å²) in [6, 6.07) is 23.4. The highest BCUT2D eigenvalue weighted by atomic mass is 16.5. The van der Waals surface area contributed by atoms with Gasteiger partial charge in [-0.2, -0.15) is 0 Å². The number of benzene rings is 3. The molecule has 3 aromatic rings. The lowest BCUT2D eigenvalue weighted by atomic mass is 10.1. The maximum atomic E-state index is 12.5. The van der Waals surface area contributed by atoms with Gasteiger partial charge in [-0.1, -0.05) is 43.2 Å². The smallest absolute Gasteiger partial charge is 0.255 e. The summed E-state index contributed by atoms with van der Waals surface area (Å²) in [6.45, 7) is 5.54. The Kier molecular flexibility index (Phi) is 9.18. The third-order valence-electron chi connectivity index (χ3n) is 5.24. The first-order valence-electron chi connectivity index (χ1n) is 11.5. The van der Waals surface area contributed by atoms with Gasteiger partial charge < -0.3 is 14.8 Å². The summed E-state index contributed by atoms with van der Waals surface area (Å²) in [5, 5.41) is 2.95. The minimum absolute atomic E-state index is 0.119. The van der Waals surface area contributed by atoms with Crippen LogP contribution in [0.25, 0.3) is 0 Å². The molecule has 0 unspecified atom stereocenters. The molecule has 0 radical (unpaired) electrons. The van der Waals surface area contributed by atoms with Crippen molar-refractivity contribution in [2.45, 2.75) is 46.0 Å². The highest BCUT2D eigenvalue weighted by Gasteiger charge is 2.06. The molecule has 32 heavy (non-hydrogen) atoms. The number of carbonyl (C=O) groups excluding carboxylic acids is 1. The van der Waals surface area contributed by atoms with Crippen LogP contribution in [0.1, 0.15) is 54.1 Å². The number of hydrogen-bond acceptors (Lipinski definition) is 3. The van der Waals surface area contributed by atoms with E-state index in [0.29, 0.717) is 18.8 Å². The van der Waals surface area contributed by atoms with Gasteiger partial charge in [-0.3, -0.25) is 4.79 Å². The average Bonchev–Trinajstić information content (AvgIpc) is 2.82. The minimum atomic E-state index is -0.119. The molecular formula is C28H33NO3. The topological polar surface area (TPSA) is 47.6 Å². The van der Waals surface area contributed by atoms with Gasteiger partial charge in [0.05, 0.1) is 13.2 Å². The van der Waals surface area contributed by atoms with Gasteiger partial charge in [0, 0.05) is 11.3 Å². The highest BCUT2D eigenvalue weighted by molar-refractivity contribution is 6.04. The number of unbranched alkanes of at least 4 members (excludes halogenated alkanes) is 2. The zero-order valence-corrected chi connectivity index (χ0v) is 19.1. The molecule has 1 amide bonds. The van der Waals surface area contributed by atoms with Gasteiger partial charge in [-0.15, -0.1) is 0 Å². The van der Waals surface area contributed by atoms with Gasteiger partial charge in [0.1, 0.15) is 11.5 Å². The Bertz CT molecular complexity index is 947. The van der Waals surface area contributed by atoms with Gasteiger partial charge in [-0.25, -0.2) is 0 Å². The summed E-state index contributed by atoms with van der Waals surface area (Å²) in [7, 11) is 0. The number of aryl methyl sites for hydroxylation is 2. The third kappa shape index (κ3) is 7.77. The van der Waals surface area contributed by atoms with Crippen molar-refractivity contribution in [3.8, 4) is 11.5 Å². The van der Waals surface area contributed by atoms with Crippen LogP contribution < -0.4 is 14.8 Å². The summed E-state index contributed by atoms with van der Waals surface area (Å²) in [5.41, 5.74) is 3.95. The fraction of sp³-hybridized carbons (Fsp3) is 0.321. The van der Waals surface area contributed by atoms with E-state index < -0.39 is 0 Å². The van der Waals surface area contributed by atoms with Gasteiger partial charge in [0.25, 0.3) is 5.91 Å². The molecule has 0 aromatic heterocycles. The van der Waals surface area contributed by atoms with Crippen LogP contribution in [-0.4, -0.2) is 19.1 Å². The Hall–Kier alpha value is -3.27. The standard InChI is InChI=1S/C28H33NO3/c1-3-4-7-23-10-14-25(15-11-23)29-28(30)24-12-18-27(19-13-24)32-21-6-5-20-31-26-16-8-22(2)9-17-26/h8-19H,3-7,20-21H2,1-2H3,(H,29,30). The predicted octanol–water partition coefficient (Wildman–Crippen LogP) is 6.83. The first kappa shape index (κ1) is 23.4. The lowest BCUT2D eigenvalue weighted by Crippen LogP contribution is -2.11. The maximum absolute atomic E-state index is 12.5. The molecule has 168 valence electrons. The molecule has 3 rings (SSSR count). The summed E-state index contributed by atoms with van der Waals surface area (Å²) < 4.78 is 11.5. The van der Waals surface area contributed by atoms with E-state index in [1.165, 1.54) is 24.0 Å². The monoisotopic (exact) mass is 431 g/mol. The van der Waals surface area contributed by atoms with Crippen LogP contribution in [0.15, 0.2) is 72.8 Å². The summed E-state index contributed by atoms with van der Waals surface area (Å²) >= 11 is 0. The second kappa shape index (κ2) is 12.6. The molecule has 3 aromatic carbocycles. The number of nitrogens with one attached hydrogen (secondary N) is 1. The van der Waals surface area contributed by atoms with Gasteiger partial charge >= 0.3 is 0 Å². The van der Waals surface area contributed by atoms with E-state index >= 15 is 0 Å². The van der Waals surface area contributed by atoms with Gasteiger partial charge in [0.15, 0.2) is 0 Å². The molecule has 4 nitrogen and oxygen atoms in total. The number of anilines is 1. The van der Waals surface area contributed by atoms with E-state index in [4.69, 9.17) is 9.47 Å². The number of rotatable bonds is 12. The van der Waals surface area contributed by atoms with Crippen molar-refractivity contribution in [2.75, 3.05) is 18.5 Å². The molecule has 0 aliphatic heterocycles. The van der Waals surface area contributed by atoms with E-state index in [-0.39, 0.29) is 5.91 Å².